The Morgan fingerprint density at radius 3 is 2.50 bits per heavy atom. The minimum absolute atomic E-state index is 0.00724. The van der Waals surface area contributed by atoms with Gasteiger partial charge in [-0.25, -0.2) is 8.42 Å². The quantitative estimate of drug-likeness (QED) is 0.843. The summed E-state index contributed by atoms with van der Waals surface area (Å²) < 4.78 is 26.5. The van der Waals surface area contributed by atoms with E-state index in [0.717, 1.165) is 12.8 Å². The monoisotopic (exact) mass is 295 g/mol. The molecule has 0 bridgehead atoms. The van der Waals surface area contributed by atoms with Crippen molar-refractivity contribution in [2.24, 2.45) is 0 Å². The SMILES string of the molecule is CCC(CC)N(C)S(=O)(=O)c1cccc(C#CCO)c1. The minimum atomic E-state index is -3.51. The summed E-state index contributed by atoms with van der Waals surface area (Å²) in [7, 11) is -1.90. The van der Waals surface area contributed by atoms with Gasteiger partial charge in [0, 0.05) is 18.7 Å². The molecule has 1 aromatic rings. The Morgan fingerprint density at radius 1 is 1.30 bits per heavy atom. The molecule has 0 fully saturated rings. The van der Waals surface area contributed by atoms with Gasteiger partial charge in [0.25, 0.3) is 0 Å². The van der Waals surface area contributed by atoms with Crippen LogP contribution < -0.4 is 0 Å². The number of aliphatic hydroxyl groups is 1. The molecule has 0 aliphatic carbocycles. The molecule has 4 nitrogen and oxygen atoms in total. The van der Waals surface area contributed by atoms with Gasteiger partial charge in [-0.3, -0.25) is 0 Å². The molecule has 0 atom stereocenters. The number of nitrogens with zero attached hydrogens (tertiary/aromatic N) is 1. The highest BCUT2D eigenvalue weighted by Crippen LogP contribution is 2.20. The maximum absolute atomic E-state index is 12.5. The molecule has 0 amide bonds. The van der Waals surface area contributed by atoms with Crippen LogP contribution in [0.2, 0.25) is 0 Å². The van der Waals surface area contributed by atoms with Gasteiger partial charge in [-0.05, 0) is 31.0 Å². The number of hydrogen-bond donors (Lipinski definition) is 1. The molecule has 1 aromatic carbocycles. The molecule has 0 radical (unpaired) electrons. The van der Waals surface area contributed by atoms with Crippen molar-refractivity contribution in [3.63, 3.8) is 0 Å². The Morgan fingerprint density at radius 2 is 1.95 bits per heavy atom. The van der Waals surface area contributed by atoms with Crippen LogP contribution in [0.25, 0.3) is 0 Å². The van der Waals surface area contributed by atoms with Gasteiger partial charge in [0.1, 0.15) is 6.61 Å². The van der Waals surface area contributed by atoms with E-state index in [2.05, 4.69) is 11.8 Å². The third kappa shape index (κ3) is 3.83. The smallest absolute Gasteiger partial charge is 0.243 e. The molecule has 0 aliphatic rings. The highest BCUT2D eigenvalue weighted by molar-refractivity contribution is 7.89. The molecule has 0 spiro atoms. The standard InChI is InChI=1S/C15H21NO3S/c1-4-14(5-2)16(3)20(18,19)15-10-6-8-13(12-15)9-7-11-17/h6,8,10,12,14,17H,4-5,11H2,1-3H3. The first kappa shape index (κ1) is 16.7. The van der Waals surface area contributed by atoms with Gasteiger partial charge in [0.15, 0.2) is 0 Å². The largest absolute Gasteiger partial charge is 0.384 e. The molecule has 1 N–H and O–H groups in total. The van der Waals surface area contributed by atoms with E-state index in [4.69, 9.17) is 5.11 Å². The Hall–Kier alpha value is -1.35. The zero-order valence-electron chi connectivity index (χ0n) is 12.1. The molecular weight excluding hydrogens is 274 g/mol. The van der Waals surface area contributed by atoms with Crippen molar-refractivity contribution in [3.8, 4) is 11.8 Å². The lowest BCUT2D eigenvalue weighted by Gasteiger charge is -2.25. The number of rotatable bonds is 5. The second kappa shape index (κ2) is 7.44. The van der Waals surface area contributed by atoms with Gasteiger partial charge in [0.05, 0.1) is 4.90 Å². The molecule has 20 heavy (non-hydrogen) atoms. The molecule has 0 saturated carbocycles. The third-order valence-electron chi connectivity index (χ3n) is 3.28. The van der Waals surface area contributed by atoms with E-state index in [9.17, 15) is 8.42 Å². The summed E-state index contributed by atoms with van der Waals surface area (Å²) in [4.78, 5) is 0.233. The summed E-state index contributed by atoms with van der Waals surface area (Å²) in [6, 6.07) is 6.48. The normalized spacial score (nSPS) is 11.5. The zero-order chi connectivity index (χ0) is 15.2. The van der Waals surface area contributed by atoms with E-state index < -0.39 is 10.0 Å². The van der Waals surface area contributed by atoms with Crippen LogP contribution in [-0.2, 0) is 10.0 Å². The molecular formula is C15H21NO3S. The second-order valence-corrected chi connectivity index (χ2v) is 6.48. The Balaban J connectivity index is 3.15. The fraction of sp³-hybridized carbons (Fsp3) is 0.467. The van der Waals surface area contributed by atoms with Crippen LogP contribution in [0.4, 0.5) is 0 Å². The van der Waals surface area contributed by atoms with Crippen molar-refractivity contribution in [2.75, 3.05) is 13.7 Å². The predicted molar refractivity (Wildman–Crippen MR) is 79.7 cm³/mol. The lowest BCUT2D eigenvalue weighted by molar-refractivity contribution is 0.349. The van der Waals surface area contributed by atoms with Gasteiger partial charge >= 0.3 is 0 Å². The van der Waals surface area contributed by atoms with Gasteiger partial charge < -0.3 is 5.11 Å². The van der Waals surface area contributed by atoms with Crippen LogP contribution in [0.5, 0.6) is 0 Å². The maximum atomic E-state index is 12.5. The Bertz CT molecular complexity index is 595. The van der Waals surface area contributed by atoms with Crippen molar-refractivity contribution in [1.82, 2.24) is 4.31 Å². The molecule has 0 saturated heterocycles. The van der Waals surface area contributed by atoms with E-state index in [1.54, 1.807) is 25.2 Å². The van der Waals surface area contributed by atoms with Gasteiger partial charge in [-0.15, -0.1) is 0 Å². The third-order valence-corrected chi connectivity index (χ3v) is 5.19. The number of benzene rings is 1. The Kier molecular flexibility index (Phi) is 6.21. The molecule has 110 valence electrons. The first-order chi connectivity index (χ1) is 9.47. The summed E-state index contributed by atoms with van der Waals surface area (Å²) >= 11 is 0. The predicted octanol–water partition coefficient (Wildman–Crippen LogP) is 1.84. The average Bonchev–Trinajstić information content (AvgIpc) is 2.46. The molecule has 5 heteroatoms. The first-order valence-electron chi connectivity index (χ1n) is 6.65. The highest BCUT2D eigenvalue weighted by Gasteiger charge is 2.25. The lowest BCUT2D eigenvalue weighted by atomic mass is 10.2. The molecule has 0 unspecified atom stereocenters. The van der Waals surface area contributed by atoms with Crippen molar-refractivity contribution in [3.05, 3.63) is 29.8 Å². The summed E-state index contributed by atoms with van der Waals surface area (Å²) in [5, 5.41) is 8.68. The van der Waals surface area contributed by atoms with Crippen LogP contribution in [0.15, 0.2) is 29.2 Å². The highest BCUT2D eigenvalue weighted by atomic mass is 32.2. The van der Waals surface area contributed by atoms with Crippen LogP contribution in [0, 0.1) is 11.8 Å². The van der Waals surface area contributed by atoms with E-state index in [1.807, 2.05) is 13.8 Å². The van der Waals surface area contributed by atoms with Crippen LogP contribution in [0.1, 0.15) is 32.3 Å². The summed E-state index contributed by atoms with van der Waals surface area (Å²) in [6.07, 6.45) is 1.55. The average molecular weight is 295 g/mol. The number of sulfonamides is 1. The van der Waals surface area contributed by atoms with Gasteiger partial charge in [-0.2, -0.15) is 4.31 Å². The van der Waals surface area contributed by atoms with Gasteiger partial charge in [-0.1, -0.05) is 31.8 Å². The summed E-state index contributed by atoms with van der Waals surface area (Å²) in [6.45, 7) is 3.71. The zero-order valence-corrected chi connectivity index (χ0v) is 12.9. The number of hydrogen-bond acceptors (Lipinski definition) is 3. The second-order valence-electron chi connectivity index (χ2n) is 4.48. The minimum Gasteiger partial charge on any atom is -0.384 e. The van der Waals surface area contributed by atoms with Crippen molar-refractivity contribution in [1.29, 1.82) is 0 Å². The van der Waals surface area contributed by atoms with E-state index in [0.29, 0.717) is 5.56 Å². The first-order valence-corrected chi connectivity index (χ1v) is 8.09. The molecule has 0 heterocycles. The van der Waals surface area contributed by atoms with Crippen LogP contribution >= 0.6 is 0 Å². The fourth-order valence-corrected chi connectivity index (χ4v) is 3.59. The van der Waals surface area contributed by atoms with Crippen molar-refractivity contribution >= 4 is 10.0 Å². The van der Waals surface area contributed by atoms with Gasteiger partial charge in [0.2, 0.25) is 10.0 Å². The topological polar surface area (TPSA) is 57.6 Å². The van der Waals surface area contributed by atoms with Crippen molar-refractivity contribution in [2.45, 2.75) is 37.6 Å². The van der Waals surface area contributed by atoms with Crippen LogP contribution in [0.3, 0.4) is 0 Å². The molecule has 0 aromatic heterocycles. The summed E-state index contributed by atoms with van der Waals surface area (Å²) in [5.74, 6) is 5.23. The number of aliphatic hydroxyl groups excluding tert-OH is 1. The van der Waals surface area contributed by atoms with E-state index in [-0.39, 0.29) is 17.5 Å². The lowest BCUT2D eigenvalue weighted by Crippen LogP contribution is -2.36. The Labute approximate surface area is 121 Å². The molecule has 1 rings (SSSR count). The summed E-state index contributed by atoms with van der Waals surface area (Å²) in [5.41, 5.74) is 0.582. The molecule has 0 aliphatic heterocycles. The van der Waals surface area contributed by atoms with E-state index >= 15 is 0 Å². The van der Waals surface area contributed by atoms with Crippen LogP contribution in [-0.4, -0.2) is 37.5 Å². The maximum Gasteiger partial charge on any atom is 0.243 e. The fourth-order valence-electron chi connectivity index (χ4n) is 2.04. The van der Waals surface area contributed by atoms with Crippen molar-refractivity contribution < 1.29 is 13.5 Å². The van der Waals surface area contributed by atoms with E-state index in [1.165, 1.54) is 10.4 Å².